The highest BCUT2D eigenvalue weighted by Crippen LogP contribution is 2.21. The van der Waals surface area contributed by atoms with Gasteiger partial charge in [0.1, 0.15) is 0 Å². The van der Waals surface area contributed by atoms with Crippen LogP contribution >= 0.6 is 15.9 Å². The molecule has 0 unspecified atom stereocenters. The molecule has 0 aromatic heterocycles. The third-order valence-electron chi connectivity index (χ3n) is 2.13. The molecule has 0 aliphatic rings. The third kappa shape index (κ3) is 3.07. The van der Waals surface area contributed by atoms with Crippen molar-refractivity contribution in [2.75, 3.05) is 6.61 Å². The summed E-state index contributed by atoms with van der Waals surface area (Å²) in [7, 11) is 0. The first-order valence-corrected chi connectivity index (χ1v) is 5.72. The lowest BCUT2D eigenvalue weighted by Crippen LogP contribution is -2.09. The van der Waals surface area contributed by atoms with Gasteiger partial charge in [0, 0.05) is 4.47 Å². The first kappa shape index (κ1) is 12.7. The molecule has 0 fully saturated rings. The molecule has 0 aliphatic carbocycles. The Morgan fingerprint density at radius 1 is 1.56 bits per heavy atom. The fraction of sp³-hybridized carbons (Fsp3) is 0.333. The van der Waals surface area contributed by atoms with Crippen molar-refractivity contribution in [1.29, 1.82) is 5.26 Å². The number of benzene rings is 1. The van der Waals surface area contributed by atoms with Crippen molar-refractivity contribution >= 4 is 21.9 Å². The molecule has 0 N–H and O–H groups in total. The maximum absolute atomic E-state index is 11.4. The van der Waals surface area contributed by atoms with Crippen LogP contribution in [-0.2, 0) is 16.0 Å². The molecule has 0 atom stereocenters. The van der Waals surface area contributed by atoms with Gasteiger partial charge in [0.2, 0.25) is 0 Å². The van der Waals surface area contributed by atoms with Gasteiger partial charge in [-0.3, -0.25) is 4.79 Å². The molecule has 4 heteroatoms. The van der Waals surface area contributed by atoms with E-state index in [9.17, 15) is 4.79 Å². The Bertz CT molecular complexity index is 449. The van der Waals surface area contributed by atoms with E-state index in [-0.39, 0.29) is 12.4 Å². The number of hydrogen-bond donors (Lipinski definition) is 0. The van der Waals surface area contributed by atoms with Crippen LogP contribution in [0, 0.1) is 18.3 Å². The number of ether oxygens (including phenoxy) is 1. The number of aryl methyl sites for hydroxylation is 1. The summed E-state index contributed by atoms with van der Waals surface area (Å²) in [4.78, 5) is 11.4. The van der Waals surface area contributed by atoms with Gasteiger partial charge in [0.25, 0.3) is 0 Å². The monoisotopic (exact) mass is 281 g/mol. The molecule has 1 rings (SSSR count). The number of rotatable bonds is 3. The number of halogens is 1. The van der Waals surface area contributed by atoms with Gasteiger partial charge in [-0.25, -0.2) is 0 Å². The molecule has 0 spiro atoms. The van der Waals surface area contributed by atoms with E-state index in [4.69, 9.17) is 10.00 Å². The summed E-state index contributed by atoms with van der Waals surface area (Å²) >= 11 is 3.34. The van der Waals surface area contributed by atoms with E-state index < -0.39 is 0 Å². The highest BCUT2D eigenvalue weighted by Gasteiger charge is 2.11. The second-order valence-corrected chi connectivity index (χ2v) is 4.27. The molecule has 0 saturated carbocycles. The smallest absolute Gasteiger partial charge is 0.310 e. The number of nitrogens with zero attached hydrogens (tertiary/aromatic N) is 1. The molecule has 16 heavy (non-hydrogen) atoms. The first-order chi connectivity index (χ1) is 7.58. The first-order valence-electron chi connectivity index (χ1n) is 4.93. The normalized spacial score (nSPS) is 9.62. The van der Waals surface area contributed by atoms with Crippen LogP contribution in [0.5, 0.6) is 0 Å². The quantitative estimate of drug-likeness (QED) is 0.801. The highest BCUT2D eigenvalue weighted by molar-refractivity contribution is 9.10. The molecular formula is C12H12BrNO2. The maximum atomic E-state index is 11.4. The van der Waals surface area contributed by atoms with Crippen LogP contribution in [0.1, 0.15) is 23.6 Å². The molecule has 0 saturated heterocycles. The van der Waals surface area contributed by atoms with E-state index in [1.165, 1.54) is 0 Å². The van der Waals surface area contributed by atoms with Crippen molar-refractivity contribution in [1.82, 2.24) is 0 Å². The van der Waals surface area contributed by atoms with Crippen molar-refractivity contribution in [3.63, 3.8) is 0 Å². The molecule has 84 valence electrons. The summed E-state index contributed by atoms with van der Waals surface area (Å²) in [5, 5.41) is 9.02. The highest BCUT2D eigenvalue weighted by atomic mass is 79.9. The summed E-state index contributed by atoms with van der Waals surface area (Å²) in [6.45, 7) is 3.96. The van der Waals surface area contributed by atoms with E-state index in [0.29, 0.717) is 17.7 Å². The van der Waals surface area contributed by atoms with Crippen LogP contribution in [0.15, 0.2) is 16.6 Å². The van der Waals surface area contributed by atoms with Crippen LogP contribution < -0.4 is 0 Å². The standard InChI is InChI=1S/C12H12BrNO2/c1-3-16-12(15)6-9-5-10(13)4-8(2)11(9)7-14/h4-5H,3,6H2,1-2H3. The molecule has 0 amide bonds. The summed E-state index contributed by atoms with van der Waals surface area (Å²) in [6.07, 6.45) is 0.136. The topological polar surface area (TPSA) is 50.1 Å². The number of carbonyl (C=O) groups is 1. The van der Waals surface area contributed by atoms with Crippen molar-refractivity contribution < 1.29 is 9.53 Å². The summed E-state index contributed by atoms with van der Waals surface area (Å²) in [5.41, 5.74) is 2.11. The molecule has 3 nitrogen and oxygen atoms in total. The van der Waals surface area contributed by atoms with Gasteiger partial charge < -0.3 is 4.74 Å². The molecule has 0 aliphatic heterocycles. The lowest BCUT2D eigenvalue weighted by Gasteiger charge is -2.07. The number of nitriles is 1. The van der Waals surface area contributed by atoms with Gasteiger partial charge in [0.05, 0.1) is 24.7 Å². The van der Waals surface area contributed by atoms with Crippen molar-refractivity contribution in [2.45, 2.75) is 20.3 Å². The lowest BCUT2D eigenvalue weighted by molar-refractivity contribution is -0.142. The number of hydrogen-bond acceptors (Lipinski definition) is 3. The van der Waals surface area contributed by atoms with Crippen LogP contribution in [-0.4, -0.2) is 12.6 Å². The number of carbonyl (C=O) groups excluding carboxylic acids is 1. The zero-order valence-corrected chi connectivity index (χ0v) is 10.8. The zero-order valence-electron chi connectivity index (χ0n) is 9.21. The van der Waals surface area contributed by atoms with E-state index in [1.54, 1.807) is 13.0 Å². The Hall–Kier alpha value is -1.34. The van der Waals surface area contributed by atoms with Crippen molar-refractivity contribution in [3.05, 3.63) is 33.3 Å². The zero-order chi connectivity index (χ0) is 12.1. The molecule has 0 heterocycles. The Balaban J connectivity index is 3.04. The third-order valence-corrected chi connectivity index (χ3v) is 2.59. The van der Waals surface area contributed by atoms with Gasteiger partial charge >= 0.3 is 5.97 Å². The van der Waals surface area contributed by atoms with Crippen LogP contribution in [0.4, 0.5) is 0 Å². The van der Waals surface area contributed by atoms with Crippen LogP contribution in [0.3, 0.4) is 0 Å². The van der Waals surface area contributed by atoms with Crippen molar-refractivity contribution in [2.24, 2.45) is 0 Å². The SMILES string of the molecule is CCOC(=O)Cc1cc(Br)cc(C)c1C#N. The van der Waals surface area contributed by atoms with E-state index in [1.807, 2.05) is 13.0 Å². The number of esters is 1. The second kappa shape index (κ2) is 5.66. The molecule has 1 aromatic carbocycles. The largest absolute Gasteiger partial charge is 0.466 e. The van der Waals surface area contributed by atoms with E-state index in [2.05, 4.69) is 22.0 Å². The summed E-state index contributed by atoms with van der Waals surface area (Å²) in [5.74, 6) is -0.309. The van der Waals surface area contributed by atoms with Crippen molar-refractivity contribution in [3.8, 4) is 6.07 Å². The fourth-order valence-electron chi connectivity index (χ4n) is 1.48. The van der Waals surface area contributed by atoms with E-state index >= 15 is 0 Å². The Kier molecular flexibility index (Phi) is 4.51. The maximum Gasteiger partial charge on any atom is 0.310 e. The van der Waals surface area contributed by atoms with Gasteiger partial charge in [0.15, 0.2) is 0 Å². The second-order valence-electron chi connectivity index (χ2n) is 3.35. The minimum absolute atomic E-state index is 0.136. The van der Waals surface area contributed by atoms with Gasteiger partial charge in [-0.1, -0.05) is 15.9 Å². The van der Waals surface area contributed by atoms with Crippen LogP contribution in [0.25, 0.3) is 0 Å². The predicted octanol–water partition coefficient (Wildman–Crippen LogP) is 2.73. The summed E-state index contributed by atoms with van der Waals surface area (Å²) < 4.78 is 5.73. The van der Waals surface area contributed by atoms with Gasteiger partial charge in [-0.05, 0) is 37.1 Å². The van der Waals surface area contributed by atoms with E-state index in [0.717, 1.165) is 10.0 Å². The van der Waals surface area contributed by atoms with Gasteiger partial charge in [-0.15, -0.1) is 0 Å². The molecular weight excluding hydrogens is 270 g/mol. The van der Waals surface area contributed by atoms with Crippen LogP contribution in [0.2, 0.25) is 0 Å². The van der Waals surface area contributed by atoms with Gasteiger partial charge in [-0.2, -0.15) is 5.26 Å². The lowest BCUT2D eigenvalue weighted by atomic mass is 10.0. The predicted molar refractivity (Wildman–Crippen MR) is 63.9 cm³/mol. The molecule has 0 radical (unpaired) electrons. The average Bonchev–Trinajstić information content (AvgIpc) is 2.17. The Morgan fingerprint density at radius 2 is 2.25 bits per heavy atom. The Labute approximate surface area is 103 Å². The average molecular weight is 282 g/mol. The minimum atomic E-state index is -0.309. The minimum Gasteiger partial charge on any atom is -0.466 e. The Morgan fingerprint density at radius 3 is 2.81 bits per heavy atom. The fourth-order valence-corrected chi connectivity index (χ4v) is 2.10. The molecule has 1 aromatic rings. The molecule has 0 bridgehead atoms. The summed E-state index contributed by atoms with van der Waals surface area (Å²) in [6, 6.07) is 5.74.